The first-order chi connectivity index (χ1) is 10.7. The van der Waals surface area contributed by atoms with E-state index in [1.807, 2.05) is 36.4 Å². The van der Waals surface area contributed by atoms with Crippen LogP contribution >= 0.6 is 0 Å². The van der Waals surface area contributed by atoms with E-state index in [1.54, 1.807) is 0 Å². The van der Waals surface area contributed by atoms with Gasteiger partial charge in [0.1, 0.15) is 11.6 Å². The van der Waals surface area contributed by atoms with E-state index in [9.17, 15) is 5.11 Å². The Bertz CT molecular complexity index is 611. The molecule has 1 aromatic carbocycles. The molecule has 1 saturated carbocycles. The first-order valence-electron chi connectivity index (χ1n) is 7.60. The Labute approximate surface area is 129 Å². The molecule has 6 heteroatoms. The molecule has 1 aromatic heterocycles. The van der Waals surface area contributed by atoms with Crippen LogP contribution in [0, 0.1) is 0 Å². The average Bonchev–Trinajstić information content (AvgIpc) is 2.50. The van der Waals surface area contributed by atoms with Crippen LogP contribution in [0.2, 0.25) is 0 Å². The lowest BCUT2D eigenvalue weighted by Gasteiger charge is -2.26. The number of aliphatic hydroxyl groups is 1. The van der Waals surface area contributed by atoms with Gasteiger partial charge >= 0.3 is 0 Å². The second-order valence-corrected chi connectivity index (χ2v) is 5.64. The van der Waals surface area contributed by atoms with Crippen LogP contribution in [0.15, 0.2) is 36.4 Å². The third-order valence-corrected chi connectivity index (χ3v) is 3.84. The summed E-state index contributed by atoms with van der Waals surface area (Å²) in [7, 11) is 0. The van der Waals surface area contributed by atoms with Crippen LogP contribution in [0.25, 0.3) is 0 Å². The zero-order valence-corrected chi connectivity index (χ0v) is 12.4. The number of nitrogens with one attached hydrogen (secondary N) is 2. The van der Waals surface area contributed by atoms with E-state index >= 15 is 0 Å². The van der Waals surface area contributed by atoms with Crippen LogP contribution < -0.4 is 16.4 Å². The summed E-state index contributed by atoms with van der Waals surface area (Å²) in [4.78, 5) is 8.45. The van der Waals surface area contributed by atoms with Gasteiger partial charge < -0.3 is 21.5 Å². The van der Waals surface area contributed by atoms with Gasteiger partial charge in [0.15, 0.2) is 0 Å². The molecule has 0 spiro atoms. The number of anilines is 4. The number of aromatic nitrogens is 2. The average molecular weight is 299 g/mol. The van der Waals surface area contributed by atoms with Crippen LogP contribution in [0.1, 0.15) is 25.7 Å². The molecule has 5 N–H and O–H groups in total. The molecule has 1 heterocycles. The highest BCUT2D eigenvalue weighted by molar-refractivity contribution is 5.60. The molecule has 3 rings (SSSR count). The van der Waals surface area contributed by atoms with Crippen molar-refractivity contribution in [2.75, 3.05) is 16.4 Å². The Morgan fingerprint density at radius 3 is 2.41 bits per heavy atom. The SMILES string of the molecule is Nc1nc(Nc2ccccc2)cc(NC2CCC(O)CC2)n1. The van der Waals surface area contributed by atoms with Crippen molar-refractivity contribution in [3.8, 4) is 0 Å². The molecule has 22 heavy (non-hydrogen) atoms. The monoisotopic (exact) mass is 299 g/mol. The lowest BCUT2D eigenvalue weighted by molar-refractivity contribution is 0.126. The minimum atomic E-state index is -0.163. The summed E-state index contributed by atoms with van der Waals surface area (Å²) < 4.78 is 0. The quantitative estimate of drug-likeness (QED) is 0.693. The molecule has 1 aliphatic carbocycles. The molecule has 0 unspecified atom stereocenters. The van der Waals surface area contributed by atoms with Gasteiger partial charge in [0.05, 0.1) is 6.10 Å². The lowest BCUT2D eigenvalue weighted by atomic mass is 9.93. The maximum absolute atomic E-state index is 9.56. The van der Waals surface area contributed by atoms with Crippen molar-refractivity contribution >= 4 is 23.3 Å². The third-order valence-electron chi connectivity index (χ3n) is 3.84. The first kappa shape index (κ1) is 14.6. The largest absolute Gasteiger partial charge is 0.393 e. The van der Waals surface area contributed by atoms with Crippen LogP contribution in [-0.4, -0.2) is 27.2 Å². The summed E-state index contributed by atoms with van der Waals surface area (Å²) in [5.41, 5.74) is 6.75. The normalized spacial score (nSPS) is 21.3. The summed E-state index contributed by atoms with van der Waals surface area (Å²) in [6, 6.07) is 12.0. The standard InChI is InChI=1S/C16H21N5O/c17-16-20-14(18-11-4-2-1-3-5-11)10-15(21-16)19-12-6-8-13(22)9-7-12/h1-5,10,12-13,22H,6-9H2,(H4,17,18,19,20,21). The Morgan fingerprint density at radius 2 is 1.68 bits per heavy atom. The number of nitrogen functional groups attached to an aromatic ring is 1. The van der Waals surface area contributed by atoms with E-state index < -0.39 is 0 Å². The number of benzene rings is 1. The minimum absolute atomic E-state index is 0.163. The van der Waals surface area contributed by atoms with E-state index in [0.717, 1.165) is 31.4 Å². The smallest absolute Gasteiger partial charge is 0.223 e. The fourth-order valence-electron chi connectivity index (χ4n) is 2.70. The second-order valence-electron chi connectivity index (χ2n) is 5.64. The molecular formula is C16H21N5O. The molecular weight excluding hydrogens is 278 g/mol. The van der Waals surface area contributed by atoms with Gasteiger partial charge in [0.2, 0.25) is 5.95 Å². The van der Waals surface area contributed by atoms with Crippen LogP contribution in [0.5, 0.6) is 0 Å². The Kier molecular flexibility index (Phi) is 4.39. The van der Waals surface area contributed by atoms with Gasteiger partial charge in [-0.2, -0.15) is 9.97 Å². The summed E-state index contributed by atoms with van der Waals surface area (Å²) >= 11 is 0. The van der Waals surface area contributed by atoms with E-state index in [-0.39, 0.29) is 12.1 Å². The van der Waals surface area contributed by atoms with Gasteiger partial charge in [0.25, 0.3) is 0 Å². The summed E-state index contributed by atoms with van der Waals surface area (Å²) in [6.45, 7) is 0. The van der Waals surface area contributed by atoms with Crippen molar-refractivity contribution in [2.45, 2.75) is 37.8 Å². The van der Waals surface area contributed by atoms with Gasteiger partial charge in [-0.15, -0.1) is 0 Å². The molecule has 0 bridgehead atoms. The molecule has 6 nitrogen and oxygen atoms in total. The summed E-state index contributed by atoms with van der Waals surface area (Å²) in [6.07, 6.45) is 3.36. The molecule has 116 valence electrons. The second kappa shape index (κ2) is 6.62. The van der Waals surface area contributed by atoms with Gasteiger partial charge in [-0.3, -0.25) is 0 Å². The number of rotatable bonds is 4. The fourth-order valence-corrected chi connectivity index (χ4v) is 2.70. The predicted molar refractivity (Wildman–Crippen MR) is 88.1 cm³/mol. The van der Waals surface area contributed by atoms with Crippen molar-refractivity contribution in [2.24, 2.45) is 0 Å². The highest BCUT2D eigenvalue weighted by Gasteiger charge is 2.19. The molecule has 1 aliphatic rings. The number of hydrogen-bond acceptors (Lipinski definition) is 6. The van der Waals surface area contributed by atoms with Crippen molar-refractivity contribution in [3.05, 3.63) is 36.4 Å². The molecule has 1 fully saturated rings. The fraction of sp³-hybridized carbons (Fsp3) is 0.375. The Balaban J connectivity index is 1.70. The Morgan fingerprint density at radius 1 is 1.00 bits per heavy atom. The Hall–Kier alpha value is -2.34. The van der Waals surface area contributed by atoms with Crippen LogP contribution in [0.3, 0.4) is 0 Å². The highest BCUT2D eigenvalue weighted by atomic mass is 16.3. The highest BCUT2D eigenvalue weighted by Crippen LogP contribution is 2.23. The van der Waals surface area contributed by atoms with E-state index in [4.69, 9.17) is 5.73 Å². The molecule has 0 atom stereocenters. The molecule has 0 saturated heterocycles. The van der Waals surface area contributed by atoms with E-state index in [1.165, 1.54) is 0 Å². The zero-order chi connectivity index (χ0) is 15.4. The van der Waals surface area contributed by atoms with Crippen molar-refractivity contribution in [3.63, 3.8) is 0 Å². The maximum Gasteiger partial charge on any atom is 0.223 e. The van der Waals surface area contributed by atoms with E-state index in [2.05, 4.69) is 20.6 Å². The van der Waals surface area contributed by atoms with Gasteiger partial charge in [-0.05, 0) is 37.8 Å². The summed E-state index contributed by atoms with van der Waals surface area (Å²) in [5, 5.41) is 16.2. The lowest BCUT2D eigenvalue weighted by Crippen LogP contribution is -2.28. The number of nitrogens with two attached hydrogens (primary N) is 1. The van der Waals surface area contributed by atoms with E-state index in [0.29, 0.717) is 17.7 Å². The molecule has 0 radical (unpaired) electrons. The minimum Gasteiger partial charge on any atom is -0.393 e. The van der Waals surface area contributed by atoms with Gasteiger partial charge in [0, 0.05) is 17.8 Å². The zero-order valence-electron chi connectivity index (χ0n) is 12.4. The number of hydrogen-bond donors (Lipinski definition) is 4. The summed E-state index contributed by atoms with van der Waals surface area (Å²) in [5.74, 6) is 1.61. The van der Waals surface area contributed by atoms with Crippen molar-refractivity contribution in [1.29, 1.82) is 0 Å². The topological polar surface area (TPSA) is 96.1 Å². The van der Waals surface area contributed by atoms with Crippen molar-refractivity contribution in [1.82, 2.24) is 9.97 Å². The maximum atomic E-state index is 9.56. The third kappa shape index (κ3) is 3.85. The van der Waals surface area contributed by atoms with Crippen molar-refractivity contribution < 1.29 is 5.11 Å². The molecule has 2 aromatic rings. The number of nitrogens with zero attached hydrogens (tertiary/aromatic N) is 2. The first-order valence-corrected chi connectivity index (χ1v) is 7.60. The van der Waals surface area contributed by atoms with Crippen LogP contribution in [-0.2, 0) is 0 Å². The molecule has 0 aliphatic heterocycles. The number of para-hydroxylation sites is 1. The predicted octanol–water partition coefficient (Wildman–Crippen LogP) is 2.52. The van der Waals surface area contributed by atoms with Gasteiger partial charge in [-0.1, -0.05) is 18.2 Å². The number of aliphatic hydroxyl groups excluding tert-OH is 1. The van der Waals surface area contributed by atoms with Crippen LogP contribution in [0.4, 0.5) is 23.3 Å². The van der Waals surface area contributed by atoms with Gasteiger partial charge in [-0.25, -0.2) is 0 Å². The molecule has 0 amide bonds.